The van der Waals surface area contributed by atoms with E-state index in [1.807, 2.05) is 0 Å². The summed E-state index contributed by atoms with van der Waals surface area (Å²) in [6.07, 6.45) is 0. The molecule has 0 spiro atoms. The fourth-order valence-electron chi connectivity index (χ4n) is 2.65. The molecule has 6 nitrogen and oxygen atoms in total. The lowest BCUT2D eigenvalue weighted by atomic mass is 10.0. The zero-order valence-corrected chi connectivity index (χ0v) is 13.1. The third kappa shape index (κ3) is 3.44. The molecule has 0 unspecified atom stereocenters. The van der Waals surface area contributed by atoms with Gasteiger partial charge in [0.05, 0.1) is 12.0 Å². The van der Waals surface area contributed by atoms with Gasteiger partial charge in [-0.15, -0.1) is 0 Å². The van der Waals surface area contributed by atoms with Gasteiger partial charge in [-0.05, 0) is 26.8 Å². The van der Waals surface area contributed by atoms with E-state index in [1.165, 1.54) is 13.2 Å². The van der Waals surface area contributed by atoms with Crippen molar-refractivity contribution in [3.63, 3.8) is 0 Å². The second-order valence-electron chi connectivity index (χ2n) is 6.26. The van der Waals surface area contributed by atoms with Crippen LogP contribution in [0.1, 0.15) is 20.8 Å². The summed E-state index contributed by atoms with van der Waals surface area (Å²) in [7, 11) is 1.46. The number of anilines is 1. The molecular weight excluding hydrogens is 270 g/mol. The van der Waals surface area contributed by atoms with E-state index in [0.717, 1.165) is 31.9 Å². The average Bonchev–Trinajstić information content (AvgIpc) is 2.45. The molecule has 0 atom stereocenters. The molecule has 1 saturated heterocycles. The van der Waals surface area contributed by atoms with Crippen molar-refractivity contribution in [2.24, 2.45) is 0 Å². The van der Waals surface area contributed by atoms with Gasteiger partial charge in [-0.2, -0.15) is 0 Å². The van der Waals surface area contributed by atoms with E-state index in [1.54, 1.807) is 12.1 Å². The van der Waals surface area contributed by atoms with Crippen molar-refractivity contribution in [3.8, 4) is 5.75 Å². The first kappa shape index (κ1) is 15.6. The van der Waals surface area contributed by atoms with Gasteiger partial charge in [-0.3, -0.25) is 15.0 Å². The maximum absolute atomic E-state index is 10.9. The number of ether oxygens (including phenoxy) is 1. The van der Waals surface area contributed by atoms with Crippen LogP contribution in [0.2, 0.25) is 0 Å². The molecule has 0 N–H and O–H groups in total. The summed E-state index contributed by atoms with van der Waals surface area (Å²) < 4.78 is 5.13. The van der Waals surface area contributed by atoms with Crippen molar-refractivity contribution in [3.05, 3.63) is 28.3 Å². The number of benzene rings is 1. The van der Waals surface area contributed by atoms with Crippen molar-refractivity contribution < 1.29 is 9.66 Å². The van der Waals surface area contributed by atoms with E-state index in [-0.39, 0.29) is 11.2 Å². The Bertz CT molecular complexity index is 517. The number of nitrogens with zero attached hydrogens (tertiary/aromatic N) is 3. The second kappa shape index (κ2) is 5.89. The number of nitro groups is 1. The lowest BCUT2D eigenvalue weighted by molar-refractivity contribution is -0.385. The molecule has 0 amide bonds. The van der Waals surface area contributed by atoms with Crippen LogP contribution in [-0.2, 0) is 0 Å². The summed E-state index contributed by atoms with van der Waals surface area (Å²) in [6.45, 7) is 10.5. The van der Waals surface area contributed by atoms with Gasteiger partial charge < -0.3 is 9.64 Å². The van der Waals surface area contributed by atoms with Gasteiger partial charge >= 0.3 is 5.69 Å². The predicted octanol–water partition coefficient (Wildman–Crippen LogP) is 2.52. The summed E-state index contributed by atoms with van der Waals surface area (Å²) >= 11 is 0. The number of piperazine rings is 1. The van der Waals surface area contributed by atoms with E-state index in [2.05, 4.69) is 30.6 Å². The van der Waals surface area contributed by atoms with Gasteiger partial charge in [0.2, 0.25) is 0 Å². The summed E-state index contributed by atoms with van der Waals surface area (Å²) in [4.78, 5) is 15.2. The van der Waals surface area contributed by atoms with Gasteiger partial charge in [0.15, 0.2) is 5.75 Å². The van der Waals surface area contributed by atoms with Gasteiger partial charge in [0, 0.05) is 49.5 Å². The highest BCUT2D eigenvalue weighted by molar-refractivity contribution is 5.59. The molecule has 0 saturated carbocycles. The third-order valence-electron chi connectivity index (χ3n) is 3.95. The first-order chi connectivity index (χ1) is 9.82. The highest BCUT2D eigenvalue weighted by Gasteiger charge is 2.26. The van der Waals surface area contributed by atoms with Crippen LogP contribution in [-0.4, -0.2) is 48.7 Å². The zero-order chi connectivity index (χ0) is 15.6. The Morgan fingerprint density at radius 2 is 1.81 bits per heavy atom. The smallest absolute Gasteiger partial charge is 0.311 e. The minimum absolute atomic E-state index is 0.00887. The van der Waals surface area contributed by atoms with E-state index >= 15 is 0 Å². The van der Waals surface area contributed by atoms with E-state index in [0.29, 0.717) is 5.75 Å². The Kier molecular flexibility index (Phi) is 4.37. The molecule has 116 valence electrons. The summed E-state index contributed by atoms with van der Waals surface area (Å²) in [5, 5.41) is 10.9. The Morgan fingerprint density at radius 1 is 1.19 bits per heavy atom. The van der Waals surface area contributed by atoms with Gasteiger partial charge in [0.25, 0.3) is 0 Å². The maximum Gasteiger partial charge on any atom is 0.311 e. The molecule has 1 aromatic carbocycles. The molecule has 0 aliphatic carbocycles. The monoisotopic (exact) mass is 293 g/mol. The lowest BCUT2D eigenvalue weighted by Crippen LogP contribution is -2.53. The summed E-state index contributed by atoms with van der Waals surface area (Å²) in [5.41, 5.74) is 1.17. The van der Waals surface area contributed by atoms with Crippen LogP contribution in [0.15, 0.2) is 18.2 Å². The highest BCUT2D eigenvalue weighted by atomic mass is 16.6. The second-order valence-corrected chi connectivity index (χ2v) is 6.26. The largest absolute Gasteiger partial charge is 0.490 e. The fraction of sp³-hybridized carbons (Fsp3) is 0.600. The molecule has 1 aromatic rings. The quantitative estimate of drug-likeness (QED) is 0.633. The SMILES string of the molecule is COc1cc(N2CCN(C(C)(C)C)CC2)ccc1[N+](=O)[O-]. The standard InChI is InChI=1S/C15H23N3O3/c1-15(2,3)17-9-7-16(8-10-17)12-5-6-13(18(19)20)14(11-12)21-4/h5-6,11H,7-10H2,1-4H3. The summed E-state index contributed by atoms with van der Waals surface area (Å²) in [5.74, 6) is 0.316. The Labute approximate surface area is 125 Å². The molecule has 0 radical (unpaired) electrons. The Morgan fingerprint density at radius 3 is 2.29 bits per heavy atom. The summed E-state index contributed by atoms with van der Waals surface area (Å²) in [6, 6.07) is 5.07. The number of rotatable bonds is 3. The van der Waals surface area contributed by atoms with Crippen LogP contribution in [0.25, 0.3) is 0 Å². The van der Waals surface area contributed by atoms with Gasteiger partial charge in [-0.1, -0.05) is 0 Å². The molecular formula is C15H23N3O3. The highest BCUT2D eigenvalue weighted by Crippen LogP contribution is 2.32. The third-order valence-corrected chi connectivity index (χ3v) is 3.95. The van der Waals surface area contributed by atoms with E-state index < -0.39 is 4.92 Å². The molecule has 1 aliphatic rings. The van der Waals surface area contributed by atoms with Crippen molar-refractivity contribution in [1.82, 2.24) is 4.90 Å². The topological polar surface area (TPSA) is 58.8 Å². The first-order valence-corrected chi connectivity index (χ1v) is 7.15. The van der Waals surface area contributed by atoms with Crippen molar-refractivity contribution in [1.29, 1.82) is 0 Å². The fourth-order valence-corrected chi connectivity index (χ4v) is 2.65. The van der Waals surface area contributed by atoms with Crippen molar-refractivity contribution >= 4 is 11.4 Å². The maximum atomic E-state index is 10.9. The normalized spacial score (nSPS) is 16.9. The molecule has 6 heteroatoms. The lowest BCUT2D eigenvalue weighted by Gasteiger charge is -2.43. The predicted molar refractivity (Wildman–Crippen MR) is 83.2 cm³/mol. The Hall–Kier alpha value is -1.82. The van der Waals surface area contributed by atoms with E-state index in [9.17, 15) is 10.1 Å². The minimum Gasteiger partial charge on any atom is -0.490 e. The molecule has 0 bridgehead atoms. The molecule has 1 aliphatic heterocycles. The van der Waals surface area contributed by atoms with Crippen molar-refractivity contribution in [2.75, 3.05) is 38.2 Å². The van der Waals surface area contributed by atoms with Crippen LogP contribution >= 0.6 is 0 Å². The molecule has 1 heterocycles. The Balaban J connectivity index is 2.12. The van der Waals surface area contributed by atoms with Gasteiger partial charge in [0.1, 0.15) is 0 Å². The molecule has 2 rings (SSSR count). The molecule has 1 fully saturated rings. The number of hydrogen-bond acceptors (Lipinski definition) is 5. The average molecular weight is 293 g/mol. The molecule has 0 aromatic heterocycles. The minimum atomic E-state index is -0.417. The van der Waals surface area contributed by atoms with Gasteiger partial charge in [-0.25, -0.2) is 0 Å². The van der Waals surface area contributed by atoms with Crippen molar-refractivity contribution in [2.45, 2.75) is 26.3 Å². The first-order valence-electron chi connectivity index (χ1n) is 7.15. The van der Waals surface area contributed by atoms with Crippen LogP contribution in [0.3, 0.4) is 0 Å². The number of hydrogen-bond donors (Lipinski definition) is 0. The van der Waals surface area contributed by atoms with E-state index in [4.69, 9.17) is 4.74 Å². The molecule has 21 heavy (non-hydrogen) atoms. The van der Waals surface area contributed by atoms with Crippen LogP contribution in [0.4, 0.5) is 11.4 Å². The number of nitro benzene ring substituents is 1. The van der Waals surface area contributed by atoms with Crippen LogP contribution < -0.4 is 9.64 Å². The van der Waals surface area contributed by atoms with Crippen LogP contribution in [0, 0.1) is 10.1 Å². The number of methoxy groups -OCH3 is 1. The van der Waals surface area contributed by atoms with Crippen LogP contribution in [0.5, 0.6) is 5.75 Å². The zero-order valence-electron chi connectivity index (χ0n) is 13.1.